The minimum absolute atomic E-state index is 0.102. The van der Waals surface area contributed by atoms with Gasteiger partial charge in [-0.1, -0.05) is 54.1 Å². The molecule has 1 aromatic heterocycles. The molecule has 1 aliphatic rings. The third kappa shape index (κ3) is 6.21. The van der Waals surface area contributed by atoms with Crippen LogP contribution in [0.5, 0.6) is 5.88 Å². The standard InChI is InChI=1S/C29H33N5O2/c1-3-36-29-25(17-30)26(31)16-27(33-29)28(35)32-18-21-12-14-34(15-13-21)19-22-6-10-24(11-7-22)23-8-4-20(2)5-9-23/h4-11,16,21H,3,12-15,18-19H2,1-2H3,(H2,31,33)(H,32,35). The molecule has 0 unspecified atom stereocenters. The molecule has 0 spiro atoms. The second-order valence-corrected chi connectivity index (χ2v) is 9.31. The van der Waals surface area contributed by atoms with E-state index in [2.05, 4.69) is 70.7 Å². The number of benzene rings is 2. The molecule has 1 amide bonds. The molecule has 1 saturated heterocycles. The number of amides is 1. The van der Waals surface area contributed by atoms with E-state index >= 15 is 0 Å². The minimum atomic E-state index is -0.303. The average Bonchev–Trinajstić information content (AvgIpc) is 2.89. The van der Waals surface area contributed by atoms with Gasteiger partial charge in [-0.3, -0.25) is 9.69 Å². The van der Waals surface area contributed by atoms with Crippen molar-refractivity contribution in [2.24, 2.45) is 5.92 Å². The van der Waals surface area contributed by atoms with Gasteiger partial charge in [0.25, 0.3) is 5.91 Å². The fourth-order valence-corrected chi connectivity index (χ4v) is 4.49. The van der Waals surface area contributed by atoms with Gasteiger partial charge in [-0.05, 0) is 68.5 Å². The Balaban J connectivity index is 1.25. The molecule has 0 aliphatic carbocycles. The van der Waals surface area contributed by atoms with Crippen molar-refractivity contribution in [3.63, 3.8) is 0 Å². The number of pyridine rings is 1. The van der Waals surface area contributed by atoms with Crippen molar-refractivity contribution < 1.29 is 9.53 Å². The number of ether oxygens (including phenoxy) is 1. The van der Waals surface area contributed by atoms with Crippen molar-refractivity contribution in [2.75, 3.05) is 32.0 Å². The second-order valence-electron chi connectivity index (χ2n) is 9.31. The van der Waals surface area contributed by atoms with Gasteiger partial charge >= 0.3 is 0 Å². The number of nitrogens with one attached hydrogen (secondary N) is 1. The molecule has 0 bridgehead atoms. The number of hydrogen-bond donors (Lipinski definition) is 2. The Morgan fingerprint density at radius 1 is 1.14 bits per heavy atom. The van der Waals surface area contributed by atoms with Crippen LogP contribution in [-0.4, -0.2) is 42.0 Å². The van der Waals surface area contributed by atoms with Gasteiger partial charge in [-0.25, -0.2) is 4.98 Å². The van der Waals surface area contributed by atoms with E-state index < -0.39 is 0 Å². The maximum Gasteiger partial charge on any atom is 0.270 e. The summed E-state index contributed by atoms with van der Waals surface area (Å²) in [5.41, 5.74) is 11.5. The number of hydrogen-bond acceptors (Lipinski definition) is 6. The molecule has 7 heteroatoms. The number of aryl methyl sites for hydroxylation is 1. The average molecular weight is 484 g/mol. The minimum Gasteiger partial charge on any atom is -0.477 e. The zero-order chi connectivity index (χ0) is 25.5. The van der Waals surface area contributed by atoms with Gasteiger partial charge in [0.1, 0.15) is 17.3 Å². The van der Waals surface area contributed by atoms with Crippen molar-refractivity contribution in [1.29, 1.82) is 5.26 Å². The SMILES string of the molecule is CCOc1nc(C(=O)NCC2CCN(Cc3ccc(-c4ccc(C)cc4)cc3)CC2)cc(N)c1C#N. The molecule has 36 heavy (non-hydrogen) atoms. The van der Waals surface area contributed by atoms with E-state index in [9.17, 15) is 10.1 Å². The summed E-state index contributed by atoms with van der Waals surface area (Å²) in [5, 5.41) is 12.2. The summed E-state index contributed by atoms with van der Waals surface area (Å²) in [6.07, 6.45) is 2.05. The highest BCUT2D eigenvalue weighted by atomic mass is 16.5. The summed E-state index contributed by atoms with van der Waals surface area (Å²) in [6, 6.07) is 20.9. The van der Waals surface area contributed by atoms with Gasteiger partial charge in [0.05, 0.1) is 12.3 Å². The molecule has 4 rings (SSSR count). The first-order valence-corrected chi connectivity index (χ1v) is 12.5. The van der Waals surface area contributed by atoms with Gasteiger partial charge in [-0.2, -0.15) is 5.26 Å². The lowest BCUT2D eigenvalue weighted by molar-refractivity contribution is 0.0929. The van der Waals surface area contributed by atoms with E-state index in [1.165, 1.54) is 28.3 Å². The fraction of sp³-hybridized carbons (Fsp3) is 0.345. The molecule has 7 nitrogen and oxygen atoms in total. The lowest BCUT2D eigenvalue weighted by Gasteiger charge is -2.32. The number of nitrogens with zero attached hydrogens (tertiary/aromatic N) is 3. The summed E-state index contributed by atoms with van der Waals surface area (Å²) in [4.78, 5) is 19.3. The van der Waals surface area contributed by atoms with Gasteiger partial charge < -0.3 is 15.8 Å². The first-order chi connectivity index (χ1) is 17.5. The summed E-state index contributed by atoms with van der Waals surface area (Å²) in [5.74, 6) is 0.213. The Labute approximate surface area is 212 Å². The number of anilines is 1. The number of rotatable bonds is 8. The molecule has 2 heterocycles. The maximum atomic E-state index is 12.7. The molecular formula is C29H33N5O2. The molecule has 0 atom stereocenters. The Morgan fingerprint density at radius 3 is 2.39 bits per heavy atom. The van der Waals surface area contributed by atoms with Crippen LogP contribution in [0, 0.1) is 24.2 Å². The molecule has 2 aromatic carbocycles. The van der Waals surface area contributed by atoms with Gasteiger partial charge in [0.15, 0.2) is 0 Å². The summed E-state index contributed by atoms with van der Waals surface area (Å²) in [7, 11) is 0. The van der Waals surface area contributed by atoms with Crippen LogP contribution in [0.4, 0.5) is 5.69 Å². The molecule has 3 aromatic rings. The molecule has 3 N–H and O–H groups in total. The van der Waals surface area contributed by atoms with Crippen LogP contribution in [0.2, 0.25) is 0 Å². The maximum absolute atomic E-state index is 12.7. The van der Waals surface area contributed by atoms with Crippen LogP contribution in [0.25, 0.3) is 11.1 Å². The predicted octanol–water partition coefficient (Wildman–Crippen LogP) is 4.55. The number of aromatic nitrogens is 1. The molecule has 0 saturated carbocycles. The van der Waals surface area contributed by atoms with Crippen LogP contribution >= 0.6 is 0 Å². The van der Waals surface area contributed by atoms with E-state index in [-0.39, 0.29) is 28.7 Å². The normalized spacial score (nSPS) is 14.2. The number of nitriles is 1. The second kappa shape index (κ2) is 11.7. The lowest BCUT2D eigenvalue weighted by Crippen LogP contribution is -2.38. The van der Waals surface area contributed by atoms with Gasteiger partial charge in [-0.15, -0.1) is 0 Å². The zero-order valence-corrected chi connectivity index (χ0v) is 21.0. The van der Waals surface area contributed by atoms with E-state index in [0.717, 1.165) is 32.5 Å². The highest BCUT2D eigenvalue weighted by molar-refractivity contribution is 5.93. The summed E-state index contributed by atoms with van der Waals surface area (Å²) in [6.45, 7) is 7.74. The number of nitrogen functional groups attached to an aromatic ring is 1. The largest absolute Gasteiger partial charge is 0.477 e. The van der Waals surface area contributed by atoms with Crippen molar-refractivity contribution >= 4 is 11.6 Å². The Morgan fingerprint density at radius 2 is 1.78 bits per heavy atom. The van der Waals surface area contributed by atoms with Crippen LogP contribution in [0.1, 0.15) is 46.9 Å². The van der Waals surface area contributed by atoms with E-state index in [1.807, 2.05) is 6.07 Å². The summed E-state index contributed by atoms with van der Waals surface area (Å²) < 4.78 is 5.39. The third-order valence-corrected chi connectivity index (χ3v) is 6.65. The van der Waals surface area contributed by atoms with Gasteiger partial charge in [0.2, 0.25) is 5.88 Å². The summed E-state index contributed by atoms with van der Waals surface area (Å²) >= 11 is 0. The molecule has 1 aliphatic heterocycles. The molecule has 0 radical (unpaired) electrons. The van der Waals surface area contributed by atoms with Crippen LogP contribution in [-0.2, 0) is 6.54 Å². The van der Waals surface area contributed by atoms with Crippen molar-refractivity contribution in [1.82, 2.24) is 15.2 Å². The van der Waals surface area contributed by atoms with E-state index in [1.54, 1.807) is 6.92 Å². The number of nitrogens with two attached hydrogens (primary N) is 1. The number of piperidine rings is 1. The van der Waals surface area contributed by atoms with Crippen LogP contribution < -0.4 is 15.8 Å². The highest BCUT2D eigenvalue weighted by Crippen LogP contribution is 2.24. The first-order valence-electron chi connectivity index (χ1n) is 12.5. The van der Waals surface area contributed by atoms with E-state index in [4.69, 9.17) is 10.5 Å². The smallest absolute Gasteiger partial charge is 0.270 e. The number of likely N-dealkylation sites (tertiary alicyclic amines) is 1. The molecule has 1 fully saturated rings. The number of carbonyl (C=O) groups excluding carboxylic acids is 1. The zero-order valence-electron chi connectivity index (χ0n) is 21.0. The Bertz CT molecular complexity index is 1220. The van der Waals surface area contributed by atoms with E-state index in [0.29, 0.717) is 19.1 Å². The van der Waals surface area contributed by atoms with Crippen molar-refractivity contribution in [2.45, 2.75) is 33.2 Å². The Kier molecular flexibility index (Phi) is 8.19. The lowest BCUT2D eigenvalue weighted by atomic mass is 9.96. The monoisotopic (exact) mass is 483 g/mol. The van der Waals surface area contributed by atoms with Crippen LogP contribution in [0.15, 0.2) is 54.6 Å². The highest BCUT2D eigenvalue weighted by Gasteiger charge is 2.21. The third-order valence-electron chi connectivity index (χ3n) is 6.65. The Hall–Kier alpha value is -3.89. The topological polar surface area (TPSA) is 104 Å². The predicted molar refractivity (Wildman–Crippen MR) is 141 cm³/mol. The fourth-order valence-electron chi connectivity index (χ4n) is 4.49. The molecule has 186 valence electrons. The van der Waals surface area contributed by atoms with Crippen LogP contribution in [0.3, 0.4) is 0 Å². The first kappa shape index (κ1) is 25.2. The van der Waals surface area contributed by atoms with Gasteiger partial charge in [0, 0.05) is 13.1 Å². The van der Waals surface area contributed by atoms with Crippen molar-refractivity contribution in [3.05, 3.63) is 77.0 Å². The van der Waals surface area contributed by atoms with Crippen molar-refractivity contribution in [3.8, 4) is 23.1 Å². The molecular weight excluding hydrogens is 450 g/mol. The number of carbonyl (C=O) groups is 1. The quantitative estimate of drug-likeness (QED) is 0.487.